The molecular formula is C12H20N2O. The van der Waals surface area contributed by atoms with Gasteiger partial charge in [0.25, 0.3) is 0 Å². The summed E-state index contributed by atoms with van der Waals surface area (Å²) in [5.74, 6) is 1.72. The van der Waals surface area contributed by atoms with Crippen LogP contribution in [0.5, 0.6) is 0 Å². The van der Waals surface area contributed by atoms with Crippen molar-refractivity contribution in [1.29, 1.82) is 0 Å². The fourth-order valence-electron chi connectivity index (χ4n) is 3.61. The number of hydrogen-bond donors (Lipinski definition) is 1. The molecule has 0 radical (unpaired) electrons. The number of carbonyl (C=O) groups is 1. The van der Waals surface area contributed by atoms with Crippen molar-refractivity contribution in [3.63, 3.8) is 0 Å². The molecule has 2 N–H and O–H groups in total. The number of rotatable bonds is 1. The minimum atomic E-state index is 0.147. The SMILES string of the molecule is NCC(=O)N1CC2CCC3(CC3)CC2C1. The van der Waals surface area contributed by atoms with Crippen LogP contribution < -0.4 is 5.73 Å². The zero-order chi connectivity index (χ0) is 10.5. The van der Waals surface area contributed by atoms with Gasteiger partial charge in [0.2, 0.25) is 5.91 Å². The van der Waals surface area contributed by atoms with Crippen LogP contribution in [-0.2, 0) is 4.79 Å². The first-order valence-corrected chi connectivity index (χ1v) is 6.20. The Labute approximate surface area is 91.0 Å². The molecule has 2 saturated carbocycles. The molecule has 84 valence electrons. The van der Waals surface area contributed by atoms with Crippen LogP contribution in [0.25, 0.3) is 0 Å². The summed E-state index contributed by atoms with van der Waals surface area (Å²) in [6.07, 6.45) is 7.03. The Morgan fingerprint density at radius 2 is 2.00 bits per heavy atom. The fraction of sp³-hybridized carbons (Fsp3) is 0.917. The fourth-order valence-corrected chi connectivity index (χ4v) is 3.61. The number of likely N-dealkylation sites (tertiary alicyclic amines) is 1. The highest BCUT2D eigenvalue weighted by atomic mass is 16.2. The number of carbonyl (C=O) groups excluding carboxylic acids is 1. The lowest BCUT2D eigenvalue weighted by Gasteiger charge is -2.30. The first kappa shape index (κ1) is 9.64. The molecule has 1 heterocycles. The molecule has 0 bridgehead atoms. The molecule has 3 heteroatoms. The van der Waals surface area contributed by atoms with Crippen LogP contribution in [-0.4, -0.2) is 30.4 Å². The molecule has 3 aliphatic rings. The van der Waals surface area contributed by atoms with Crippen molar-refractivity contribution in [1.82, 2.24) is 4.90 Å². The number of fused-ring (bicyclic) bond motifs is 1. The Hall–Kier alpha value is -0.570. The topological polar surface area (TPSA) is 46.3 Å². The van der Waals surface area contributed by atoms with E-state index < -0.39 is 0 Å². The third-order valence-corrected chi connectivity index (χ3v) is 4.80. The zero-order valence-corrected chi connectivity index (χ0v) is 9.24. The van der Waals surface area contributed by atoms with Crippen molar-refractivity contribution < 1.29 is 4.79 Å². The number of nitrogens with zero attached hydrogens (tertiary/aromatic N) is 1. The summed E-state index contributed by atoms with van der Waals surface area (Å²) in [6, 6.07) is 0. The summed E-state index contributed by atoms with van der Waals surface area (Å²) in [5, 5.41) is 0. The maximum Gasteiger partial charge on any atom is 0.236 e. The van der Waals surface area contributed by atoms with Gasteiger partial charge in [-0.25, -0.2) is 0 Å². The van der Waals surface area contributed by atoms with Gasteiger partial charge in [-0.3, -0.25) is 4.79 Å². The molecule has 3 fully saturated rings. The molecule has 2 atom stereocenters. The van der Waals surface area contributed by atoms with Gasteiger partial charge in [0.15, 0.2) is 0 Å². The first-order valence-electron chi connectivity index (χ1n) is 6.20. The summed E-state index contributed by atoms with van der Waals surface area (Å²) < 4.78 is 0. The Morgan fingerprint density at radius 1 is 1.27 bits per heavy atom. The van der Waals surface area contributed by atoms with Gasteiger partial charge in [-0.15, -0.1) is 0 Å². The average Bonchev–Trinajstić information content (AvgIpc) is 2.86. The van der Waals surface area contributed by atoms with Gasteiger partial charge in [-0.2, -0.15) is 0 Å². The van der Waals surface area contributed by atoms with Crippen LogP contribution in [0.1, 0.15) is 32.1 Å². The van der Waals surface area contributed by atoms with Crippen LogP contribution in [0.3, 0.4) is 0 Å². The first-order chi connectivity index (χ1) is 7.22. The molecule has 0 aromatic carbocycles. The molecule has 1 spiro atoms. The lowest BCUT2D eigenvalue weighted by Crippen LogP contribution is -2.34. The zero-order valence-electron chi connectivity index (χ0n) is 9.24. The summed E-state index contributed by atoms with van der Waals surface area (Å²) in [7, 11) is 0. The van der Waals surface area contributed by atoms with Crippen LogP contribution in [0.4, 0.5) is 0 Å². The highest BCUT2D eigenvalue weighted by molar-refractivity contribution is 5.78. The standard InChI is InChI=1S/C12H20N2O/c13-6-11(15)14-7-9-1-2-12(3-4-12)5-10(9)8-14/h9-10H,1-8,13H2. The van der Waals surface area contributed by atoms with Gasteiger partial charge in [-0.05, 0) is 49.4 Å². The van der Waals surface area contributed by atoms with E-state index in [-0.39, 0.29) is 12.5 Å². The number of nitrogens with two attached hydrogens (primary N) is 1. The normalized spacial score (nSPS) is 36.7. The van der Waals surface area contributed by atoms with Crippen molar-refractivity contribution in [2.45, 2.75) is 32.1 Å². The molecule has 1 aliphatic heterocycles. The summed E-state index contributed by atoms with van der Waals surface area (Å²) >= 11 is 0. The largest absolute Gasteiger partial charge is 0.341 e. The monoisotopic (exact) mass is 208 g/mol. The molecule has 0 aromatic heterocycles. The van der Waals surface area contributed by atoms with Crippen molar-refractivity contribution >= 4 is 5.91 Å². The Morgan fingerprint density at radius 3 is 2.67 bits per heavy atom. The second-order valence-corrected chi connectivity index (χ2v) is 5.77. The molecular weight excluding hydrogens is 188 g/mol. The van der Waals surface area contributed by atoms with Crippen LogP contribution in [0, 0.1) is 17.3 Å². The minimum Gasteiger partial charge on any atom is -0.341 e. The summed E-state index contributed by atoms with van der Waals surface area (Å²) in [6.45, 7) is 2.16. The van der Waals surface area contributed by atoms with E-state index in [0.29, 0.717) is 0 Å². The quantitative estimate of drug-likeness (QED) is 0.698. The van der Waals surface area contributed by atoms with E-state index >= 15 is 0 Å². The van der Waals surface area contributed by atoms with E-state index in [1.165, 1.54) is 32.1 Å². The minimum absolute atomic E-state index is 0.147. The van der Waals surface area contributed by atoms with Gasteiger partial charge in [-0.1, -0.05) is 0 Å². The van der Waals surface area contributed by atoms with E-state index in [9.17, 15) is 4.79 Å². The van der Waals surface area contributed by atoms with Gasteiger partial charge >= 0.3 is 0 Å². The van der Waals surface area contributed by atoms with E-state index in [0.717, 1.165) is 30.3 Å². The second kappa shape index (κ2) is 3.21. The highest BCUT2D eigenvalue weighted by Crippen LogP contribution is 2.59. The third kappa shape index (κ3) is 1.57. The lowest BCUT2D eigenvalue weighted by atomic mass is 9.74. The Kier molecular flexibility index (Phi) is 2.06. The van der Waals surface area contributed by atoms with Crippen molar-refractivity contribution in [3.8, 4) is 0 Å². The van der Waals surface area contributed by atoms with Crippen molar-refractivity contribution in [2.24, 2.45) is 23.0 Å². The van der Waals surface area contributed by atoms with Gasteiger partial charge < -0.3 is 10.6 Å². The van der Waals surface area contributed by atoms with E-state index in [1.807, 2.05) is 4.90 Å². The van der Waals surface area contributed by atoms with Crippen LogP contribution in [0.15, 0.2) is 0 Å². The third-order valence-electron chi connectivity index (χ3n) is 4.80. The number of amides is 1. The maximum atomic E-state index is 11.5. The van der Waals surface area contributed by atoms with E-state index in [1.54, 1.807) is 0 Å². The summed E-state index contributed by atoms with van der Waals surface area (Å²) in [4.78, 5) is 13.5. The predicted molar refractivity (Wildman–Crippen MR) is 58.1 cm³/mol. The van der Waals surface area contributed by atoms with Gasteiger partial charge in [0, 0.05) is 13.1 Å². The van der Waals surface area contributed by atoms with Gasteiger partial charge in [0.1, 0.15) is 0 Å². The molecule has 1 saturated heterocycles. The second-order valence-electron chi connectivity index (χ2n) is 5.77. The van der Waals surface area contributed by atoms with E-state index in [4.69, 9.17) is 5.73 Å². The maximum absolute atomic E-state index is 11.5. The van der Waals surface area contributed by atoms with Gasteiger partial charge in [0.05, 0.1) is 6.54 Å². The lowest BCUT2D eigenvalue weighted by molar-refractivity contribution is -0.128. The predicted octanol–water partition coefficient (Wildman–Crippen LogP) is 0.984. The Bertz CT molecular complexity index is 285. The highest BCUT2D eigenvalue weighted by Gasteiger charge is 2.51. The summed E-state index contributed by atoms with van der Waals surface area (Å²) in [5.41, 5.74) is 6.14. The van der Waals surface area contributed by atoms with Crippen LogP contribution >= 0.6 is 0 Å². The Balaban J connectivity index is 1.66. The van der Waals surface area contributed by atoms with Crippen molar-refractivity contribution in [2.75, 3.05) is 19.6 Å². The molecule has 3 rings (SSSR count). The number of hydrogen-bond acceptors (Lipinski definition) is 2. The van der Waals surface area contributed by atoms with E-state index in [2.05, 4.69) is 0 Å². The smallest absolute Gasteiger partial charge is 0.236 e. The molecule has 1 amide bonds. The van der Waals surface area contributed by atoms with Crippen LogP contribution in [0.2, 0.25) is 0 Å². The molecule has 3 nitrogen and oxygen atoms in total. The molecule has 2 unspecified atom stereocenters. The molecule has 0 aromatic rings. The molecule has 2 aliphatic carbocycles. The molecule has 15 heavy (non-hydrogen) atoms. The average molecular weight is 208 g/mol. The van der Waals surface area contributed by atoms with Crippen molar-refractivity contribution in [3.05, 3.63) is 0 Å².